The smallest absolute Gasteiger partial charge is 0.197 e. The number of likely N-dealkylation sites (N-methyl/N-ethyl adjacent to an activating group) is 1. The van der Waals surface area contributed by atoms with Gasteiger partial charge in [-0.15, -0.1) is 0 Å². The van der Waals surface area contributed by atoms with Gasteiger partial charge in [-0.2, -0.15) is 0 Å². The molecule has 1 saturated heterocycles. The molecule has 2 atom stereocenters. The number of hydrogen-bond donors (Lipinski definition) is 1. The number of hydrogen-bond acceptors (Lipinski definition) is 6. The maximum absolute atomic E-state index is 13.3. The molecule has 2 unspecified atom stereocenters. The summed E-state index contributed by atoms with van der Waals surface area (Å²) < 4.78 is 49.4. The maximum Gasteiger partial charge on any atom is 0.197 e. The third kappa shape index (κ3) is 3.55. The van der Waals surface area contributed by atoms with Crippen LogP contribution in [-0.2, 0) is 0 Å². The monoisotopic (exact) mass is 433 g/mol. The lowest BCUT2D eigenvalue weighted by Crippen LogP contribution is -2.40. The summed E-state index contributed by atoms with van der Waals surface area (Å²) in [7, 11) is 4.79. The number of β-amino-alcohol motifs (C(OH)–C–C–N with tert-alkyl or cyclic N) is 1. The predicted molar refractivity (Wildman–Crippen MR) is 117 cm³/mol. The highest BCUT2D eigenvalue weighted by Crippen LogP contribution is 2.43. The van der Waals surface area contributed by atoms with Gasteiger partial charge < -0.3 is 23.9 Å². The van der Waals surface area contributed by atoms with Crippen LogP contribution in [-0.4, -0.2) is 50.5 Å². The first-order chi connectivity index (χ1) is 16.1. The van der Waals surface area contributed by atoms with Gasteiger partial charge in [0.15, 0.2) is 5.43 Å². The van der Waals surface area contributed by atoms with Crippen LogP contribution in [0.25, 0.3) is 22.3 Å². The van der Waals surface area contributed by atoms with Crippen molar-refractivity contribution < 1.29 is 24.5 Å². The van der Waals surface area contributed by atoms with Crippen molar-refractivity contribution in [2.75, 3.05) is 34.4 Å². The number of rotatable bonds is 4. The van der Waals surface area contributed by atoms with E-state index in [0.29, 0.717) is 30.8 Å². The Bertz CT molecular complexity index is 1320. The van der Waals surface area contributed by atoms with Crippen molar-refractivity contribution in [3.63, 3.8) is 0 Å². The molecule has 0 bridgehead atoms. The van der Waals surface area contributed by atoms with Crippen LogP contribution in [0.2, 0.25) is 5.02 Å². The van der Waals surface area contributed by atoms with E-state index in [9.17, 15) is 9.90 Å². The Morgan fingerprint density at radius 2 is 1.97 bits per heavy atom. The molecule has 2 aromatic carbocycles. The molecular formula is C23H24ClNO5. The van der Waals surface area contributed by atoms with E-state index in [1.807, 2.05) is 11.9 Å². The lowest BCUT2D eigenvalue weighted by molar-refractivity contribution is 0.0630. The van der Waals surface area contributed by atoms with Gasteiger partial charge in [-0.05, 0) is 32.1 Å². The summed E-state index contributed by atoms with van der Waals surface area (Å²) in [5.74, 6) is 0.0742. The largest absolute Gasteiger partial charge is 0.496 e. The number of methoxy groups -OCH3 is 2. The molecule has 3 aromatic rings. The maximum atomic E-state index is 13.3. The first-order valence-corrected chi connectivity index (χ1v) is 9.84. The number of benzene rings is 2. The Labute approximate surface area is 185 Å². The molecule has 30 heavy (non-hydrogen) atoms. The van der Waals surface area contributed by atoms with E-state index < -0.39 is 41.6 Å². The third-order valence-electron chi connectivity index (χ3n) is 5.45. The Morgan fingerprint density at radius 3 is 2.67 bits per heavy atom. The normalized spacial score (nSPS) is 21.6. The molecule has 0 spiro atoms. The molecule has 1 aliphatic rings. The van der Waals surface area contributed by atoms with Gasteiger partial charge in [0.25, 0.3) is 0 Å². The van der Waals surface area contributed by atoms with E-state index in [1.54, 1.807) is 6.07 Å². The molecule has 4 rings (SSSR count). The minimum absolute atomic E-state index is 0.117. The van der Waals surface area contributed by atoms with Crippen LogP contribution >= 0.6 is 11.6 Å². The molecule has 1 aromatic heterocycles. The fourth-order valence-corrected chi connectivity index (χ4v) is 4.18. The van der Waals surface area contributed by atoms with Crippen LogP contribution in [0.1, 0.15) is 23.4 Å². The van der Waals surface area contributed by atoms with Crippen molar-refractivity contribution in [3.8, 4) is 22.8 Å². The lowest BCUT2D eigenvalue weighted by Gasteiger charge is -2.34. The highest BCUT2D eigenvalue weighted by molar-refractivity contribution is 6.33. The topological polar surface area (TPSA) is 72.1 Å². The van der Waals surface area contributed by atoms with E-state index in [-0.39, 0.29) is 33.1 Å². The zero-order valence-corrected chi connectivity index (χ0v) is 17.6. The minimum atomic E-state index is -0.754. The van der Waals surface area contributed by atoms with Gasteiger partial charge in [0.05, 0.1) is 30.8 Å². The van der Waals surface area contributed by atoms with E-state index in [4.69, 9.17) is 31.0 Å². The fraction of sp³-hybridized carbons (Fsp3) is 0.348. The van der Waals surface area contributed by atoms with Gasteiger partial charge in [0.2, 0.25) is 0 Å². The van der Waals surface area contributed by atoms with Gasteiger partial charge in [-0.1, -0.05) is 23.7 Å². The number of likely N-dealkylation sites (tertiary alicyclic amines) is 1. The molecule has 1 N–H and O–H groups in total. The average Bonchev–Trinajstić information content (AvgIpc) is 2.81. The molecule has 7 heteroatoms. The van der Waals surface area contributed by atoms with E-state index in [0.717, 1.165) is 6.07 Å². The highest BCUT2D eigenvalue weighted by atomic mass is 35.5. The van der Waals surface area contributed by atoms with Crippen molar-refractivity contribution in [1.82, 2.24) is 4.90 Å². The lowest BCUT2D eigenvalue weighted by atomic mass is 9.85. The van der Waals surface area contributed by atoms with Crippen molar-refractivity contribution in [1.29, 1.82) is 0 Å². The molecule has 1 fully saturated rings. The zero-order valence-electron chi connectivity index (χ0n) is 20.8. The third-order valence-corrected chi connectivity index (χ3v) is 5.73. The van der Waals surface area contributed by atoms with Crippen molar-refractivity contribution >= 4 is 22.6 Å². The Kier molecular flexibility index (Phi) is 4.48. The summed E-state index contributed by atoms with van der Waals surface area (Å²) in [4.78, 5) is 15.3. The van der Waals surface area contributed by atoms with Crippen LogP contribution in [0.4, 0.5) is 0 Å². The molecule has 0 radical (unpaired) electrons. The number of aliphatic hydroxyl groups excluding tert-OH is 1. The van der Waals surface area contributed by atoms with E-state index >= 15 is 0 Å². The Balaban J connectivity index is 2.10. The number of halogens is 1. The summed E-state index contributed by atoms with van der Waals surface area (Å²) >= 11 is 6.29. The Hall–Kier alpha value is -2.54. The van der Waals surface area contributed by atoms with Gasteiger partial charge in [-0.25, -0.2) is 0 Å². The SMILES string of the molecule is [2H]c1c([2H])c([2H])c(-c2cc(=O)c3c(OC)cc(OC)c(C4CCN(C)CC4O)c3o2)c(Cl)c1[2H]. The molecule has 1 aliphatic heterocycles. The number of nitrogens with zero attached hydrogens (tertiary/aromatic N) is 1. The number of fused-ring (bicyclic) bond motifs is 1. The van der Waals surface area contributed by atoms with Crippen molar-refractivity contribution in [2.45, 2.75) is 18.4 Å². The summed E-state index contributed by atoms with van der Waals surface area (Å²) in [5.41, 5.74) is 0.0109. The predicted octanol–water partition coefficient (Wildman–Crippen LogP) is 3.91. The van der Waals surface area contributed by atoms with Gasteiger partial charge >= 0.3 is 0 Å². The molecule has 158 valence electrons. The van der Waals surface area contributed by atoms with Gasteiger partial charge in [-0.3, -0.25) is 4.79 Å². The van der Waals surface area contributed by atoms with Crippen LogP contribution < -0.4 is 14.9 Å². The quantitative estimate of drug-likeness (QED) is 0.672. The molecule has 6 nitrogen and oxygen atoms in total. The fourth-order valence-electron chi connectivity index (χ4n) is 4.00. The first-order valence-electron chi connectivity index (χ1n) is 11.5. The molecular weight excluding hydrogens is 406 g/mol. The molecule has 2 heterocycles. The highest BCUT2D eigenvalue weighted by Gasteiger charge is 2.33. The summed E-state index contributed by atoms with van der Waals surface area (Å²) in [6, 6.07) is 0.870. The second kappa shape index (κ2) is 8.30. The van der Waals surface area contributed by atoms with Crippen molar-refractivity contribution in [2.24, 2.45) is 0 Å². The second-order valence-corrected chi connectivity index (χ2v) is 7.67. The second-order valence-electron chi connectivity index (χ2n) is 7.29. The summed E-state index contributed by atoms with van der Waals surface area (Å²) in [6.45, 7) is 1.13. The van der Waals surface area contributed by atoms with Gasteiger partial charge in [0, 0.05) is 35.7 Å². The average molecular weight is 434 g/mol. The molecule has 0 amide bonds. The van der Waals surface area contributed by atoms with Crippen LogP contribution in [0.5, 0.6) is 11.5 Å². The number of ether oxygens (including phenoxy) is 2. The van der Waals surface area contributed by atoms with Crippen LogP contribution in [0, 0.1) is 0 Å². The van der Waals surface area contributed by atoms with Crippen LogP contribution in [0.3, 0.4) is 0 Å². The molecule has 0 saturated carbocycles. The van der Waals surface area contributed by atoms with E-state index in [2.05, 4.69) is 0 Å². The minimum Gasteiger partial charge on any atom is -0.496 e. The Morgan fingerprint density at radius 1 is 1.23 bits per heavy atom. The van der Waals surface area contributed by atoms with Gasteiger partial charge in [0.1, 0.15) is 28.2 Å². The number of piperidine rings is 1. The van der Waals surface area contributed by atoms with Crippen LogP contribution in [0.15, 0.2) is 45.5 Å². The number of aliphatic hydroxyl groups is 1. The molecule has 0 aliphatic carbocycles. The standard InChI is InChI=1S/C23H24ClNO5/c1-25-9-8-14(17(27)12-25)21-19(28-2)11-20(29-3)22-16(26)10-18(30-23(21)22)13-6-4-5-7-15(13)24/h4-7,10-11,14,17,27H,8-9,12H2,1-3H3/i4D,5D,6D,7D. The zero-order chi connectivity index (χ0) is 24.9. The first kappa shape index (κ1) is 16.2. The summed E-state index contributed by atoms with van der Waals surface area (Å²) in [6.07, 6.45) is -0.175. The summed E-state index contributed by atoms with van der Waals surface area (Å²) in [5, 5.41) is 10.8. The van der Waals surface area contributed by atoms with Crippen molar-refractivity contribution in [3.05, 3.63) is 57.1 Å². The van der Waals surface area contributed by atoms with E-state index in [1.165, 1.54) is 14.2 Å².